The third kappa shape index (κ3) is 6.33. The highest BCUT2D eigenvalue weighted by Crippen LogP contribution is 2.26. The minimum absolute atomic E-state index is 0.0774. The van der Waals surface area contributed by atoms with Gasteiger partial charge >= 0.3 is 0 Å². The standard InChI is InChI=1S/C27H30BrN3O4S/c1-19-9-15-25(16-10-19)36(34,35)31(24-13-11-23(28)12-14-24)18-26(32)30(21(3)27(33)29-4)17-22-8-6-5-7-20(22)2/h5-16,21H,17-18H2,1-4H3,(H,29,33)/t21-/m1/s1. The Labute approximate surface area is 221 Å². The van der Waals surface area contributed by atoms with E-state index in [1.54, 1.807) is 43.3 Å². The summed E-state index contributed by atoms with van der Waals surface area (Å²) in [6, 6.07) is 20.0. The first-order chi connectivity index (χ1) is 17.0. The summed E-state index contributed by atoms with van der Waals surface area (Å²) in [5.74, 6) is -0.832. The molecule has 3 aromatic rings. The van der Waals surface area contributed by atoms with Crippen molar-refractivity contribution < 1.29 is 18.0 Å². The molecule has 0 saturated heterocycles. The first-order valence-electron chi connectivity index (χ1n) is 11.4. The lowest BCUT2D eigenvalue weighted by Gasteiger charge is -2.32. The van der Waals surface area contributed by atoms with Gasteiger partial charge in [-0.3, -0.25) is 13.9 Å². The first-order valence-corrected chi connectivity index (χ1v) is 13.7. The van der Waals surface area contributed by atoms with E-state index in [0.717, 1.165) is 25.5 Å². The summed E-state index contributed by atoms with van der Waals surface area (Å²) in [6.45, 7) is 5.13. The van der Waals surface area contributed by atoms with Gasteiger partial charge in [0.2, 0.25) is 11.8 Å². The molecule has 36 heavy (non-hydrogen) atoms. The van der Waals surface area contributed by atoms with E-state index in [2.05, 4.69) is 21.2 Å². The minimum Gasteiger partial charge on any atom is -0.357 e. The van der Waals surface area contributed by atoms with E-state index in [4.69, 9.17) is 0 Å². The molecular weight excluding hydrogens is 542 g/mol. The van der Waals surface area contributed by atoms with Gasteiger partial charge in [-0.2, -0.15) is 0 Å². The van der Waals surface area contributed by atoms with Gasteiger partial charge in [0.15, 0.2) is 0 Å². The molecule has 3 rings (SSSR count). The van der Waals surface area contributed by atoms with Crippen molar-refractivity contribution in [1.29, 1.82) is 0 Å². The van der Waals surface area contributed by atoms with Crippen LogP contribution in [0.4, 0.5) is 5.69 Å². The number of carbonyl (C=O) groups is 2. The Morgan fingerprint density at radius 3 is 2.14 bits per heavy atom. The van der Waals surface area contributed by atoms with E-state index in [0.29, 0.717) is 5.69 Å². The summed E-state index contributed by atoms with van der Waals surface area (Å²) in [6.07, 6.45) is 0. The first kappa shape index (κ1) is 27.4. The molecule has 1 N–H and O–H groups in total. The van der Waals surface area contributed by atoms with Crippen LogP contribution in [0.25, 0.3) is 0 Å². The number of sulfonamides is 1. The molecule has 7 nitrogen and oxygen atoms in total. The molecule has 0 spiro atoms. The summed E-state index contributed by atoms with van der Waals surface area (Å²) in [5.41, 5.74) is 3.11. The molecule has 2 amide bonds. The zero-order valence-corrected chi connectivity index (χ0v) is 23.1. The molecular formula is C27H30BrN3O4S. The van der Waals surface area contributed by atoms with E-state index < -0.39 is 28.5 Å². The van der Waals surface area contributed by atoms with E-state index in [1.807, 2.05) is 38.1 Å². The maximum atomic E-state index is 13.7. The highest BCUT2D eigenvalue weighted by molar-refractivity contribution is 9.10. The average molecular weight is 573 g/mol. The van der Waals surface area contributed by atoms with Crippen LogP contribution >= 0.6 is 15.9 Å². The van der Waals surface area contributed by atoms with Crippen molar-refractivity contribution in [2.45, 2.75) is 38.3 Å². The number of nitrogens with zero attached hydrogens (tertiary/aromatic N) is 2. The van der Waals surface area contributed by atoms with Gasteiger partial charge in [-0.05, 0) is 68.3 Å². The molecule has 0 aliphatic rings. The quantitative estimate of drug-likeness (QED) is 0.411. The normalized spacial score (nSPS) is 12.0. The summed E-state index contributed by atoms with van der Waals surface area (Å²) in [7, 11) is -2.57. The summed E-state index contributed by atoms with van der Waals surface area (Å²) < 4.78 is 29.3. The van der Waals surface area contributed by atoms with Crippen LogP contribution in [0, 0.1) is 13.8 Å². The van der Waals surface area contributed by atoms with Gasteiger partial charge in [-0.25, -0.2) is 8.42 Å². The van der Waals surface area contributed by atoms with E-state index in [-0.39, 0.29) is 17.3 Å². The second-order valence-corrected chi connectivity index (χ2v) is 11.3. The van der Waals surface area contributed by atoms with Gasteiger partial charge in [-0.1, -0.05) is 57.9 Å². The summed E-state index contributed by atoms with van der Waals surface area (Å²) >= 11 is 3.37. The van der Waals surface area contributed by atoms with Crippen LogP contribution in [-0.4, -0.2) is 44.8 Å². The largest absolute Gasteiger partial charge is 0.357 e. The van der Waals surface area contributed by atoms with Gasteiger partial charge < -0.3 is 10.2 Å². The third-order valence-corrected chi connectivity index (χ3v) is 8.33. The zero-order valence-electron chi connectivity index (χ0n) is 20.7. The van der Waals surface area contributed by atoms with Gasteiger partial charge in [0.1, 0.15) is 12.6 Å². The lowest BCUT2D eigenvalue weighted by Crippen LogP contribution is -2.50. The SMILES string of the molecule is CNC(=O)[C@@H](C)N(Cc1ccccc1C)C(=O)CN(c1ccc(Br)cc1)S(=O)(=O)c1ccc(C)cc1. The number of aryl methyl sites for hydroxylation is 2. The average Bonchev–Trinajstić information content (AvgIpc) is 2.86. The molecule has 0 aliphatic carbocycles. The molecule has 0 unspecified atom stereocenters. The molecule has 0 fully saturated rings. The monoisotopic (exact) mass is 571 g/mol. The van der Waals surface area contributed by atoms with Crippen LogP contribution in [0.15, 0.2) is 82.2 Å². The Hall–Kier alpha value is -3.17. The highest BCUT2D eigenvalue weighted by Gasteiger charge is 2.32. The number of anilines is 1. The van der Waals surface area contributed by atoms with E-state index in [1.165, 1.54) is 24.1 Å². The van der Waals surface area contributed by atoms with Crippen LogP contribution in [0.2, 0.25) is 0 Å². The minimum atomic E-state index is -4.07. The summed E-state index contributed by atoms with van der Waals surface area (Å²) in [5, 5.41) is 2.58. The maximum absolute atomic E-state index is 13.7. The Balaban J connectivity index is 2.03. The fraction of sp³-hybridized carbons (Fsp3) is 0.259. The molecule has 0 bridgehead atoms. The van der Waals surface area contributed by atoms with Crippen molar-refractivity contribution >= 4 is 43.5 Å². The Kier molecular flexibility index (Phi) is 8.92. The Morgan fingerprint density at radius 1 is 0.944 bits per heavy atom. The summed E-state index contributed by atoms with van der Waals surface area (Å²) in [4.78, 5) is 27.8. The van der Waals surface area contributed by atoms with Gasteiger partial charge in [0.05, 0.1) is 10.6 Å². The molecule has 0 radical (unpaired) electrons. The number of benzene rings is 3. The van der Waals surface area contributed by atoms with Gasteiger partial charge in [0.25, 0.3) is 10.0 Å². The molecule has 3 aromatic carbocycles. The molecule has 1 atom stereocenters. The molecule has 190 valence electrons. The number of likely N-dealkylation sites (N-methyl/N-ethyl adjacent to an activating group) is 1. The van der Waals surface area contributed by atoms with Crippen molar-refractivity contribution in [2.24, 2.45) is 0 Å². The predicted octanol–water partition coefficient (Wildman–Crippen LogP) is 4.42. The van der Waals surface area contributed by atoms with Crippen molar-refractivity contribution in [3.63, 3.8) is 0 Å². The van der Waals surface area contributed by atoms with Gasteiger partial charge in [-0.15, -0.1) is 0 Å². The Morgan fingerprint density at radius 2 is 1.56 bits per heavy atom. The third-order valence-electron chi connectivity index (χ3n) is 6.02. The van der Waals surface area contributed by atoms with Crippen LogP contribution in [0.3, 0.4) is 0 Å². The van der Waals surface area contributed by atoms with Crippen LogP contribution in [-0.2, 0) is 26.2 Å². The smallest absolute Gasteiger partial charge is 0.264 e. The van der Waals surface area contributed by atoms with Crippen LogP contribution in [0.1, 0.15) is 23.6 Å². The fourth-order valence-electron chi connectivity index (χ4n) is 3.74. The zero-order chi connectivity index (χ0) is 26.5. The lowest BCUT2D eigenvalue weighted by atomic mass is 10.1. The van der Waals surface area contributed by atoms with Gasteiger partial charge in [0, 0.05) is 18.1 Å². The van der Waals surface area contributed by atoms with Crippen LogP contribution < -0.4 is 9.62 Å². The molecule has 9 heteroatoms. The number of rotatable bonds is 9. The number of hydrogen-bond donors (Lipinski definition) is 1. The van der Waals surface area contributed by atoms with Crippen molar-refractivity contribution in [1.82, 2.24) is 10.2 Å². The maximum Gasteiger partial charge on any atom is 0.264 e. The molecule has 0 heterocycles. The highest BCUT2D eigenvalue weighted by atomic mass is 79.9. The second kappa shape index (κ2) is 11.7. The number of amides is 2. The molecule has 0 saturated carbocycles. The van der Waals surface area contributed by atoms with Crippen LogP contribution in [0.5, 0.6) is 0 Å². The lowest BCUT2D eigenvalue weighted by molar-refractivity contribution is -0.139. The number of nitrogens with one attached hydrogen (secondary N) is 1. The topological polar surface area (TPSA) is 86.8 Å². The van der Waals surface area contributed by atoms with Crippen molar-refractivity contribution in [2.75, 3.05) is 17.9 Å². The number of carbonyl (C=O) groups excluding carboxylic acids is 2. The van der Waals surface area contributed by atoms with Crippen molar-refractivity contribution in [3.05, 3.63) is 94.0 Å². The predicted molar refractivity (Wildman–Crippen MR) is 145 cm³/mol. The van der Waals surface area contributed by atoms with E-state index >= 15 is 0 Å². The molecule has 0 aromatic heterocycles. The van der Waals surface area contributed by atoms with Crippen molar-refractivity contribution in [3.8, 4) is 0 Å². The fourth-order valence-corrected chi connectivity index (χ4v) is 5.41. The number of halogens is 1. The molecule has 0 aliphatic heterocycles. The second-order valence-electron chi connectivity index (χ2n) is 8.54. The Bertz CT molecular complexity index is 1330. The van der Waals surface area contributed by atoms with E-state index in [9.17, 15) is 18.0 Å². The number of hydrogen-bond acceptors (Lipinski definition) is 4.